The van der Waals surface area contributed by atoms with Gasteiger partial charge in [0.2, 0.25) is 5.91 Å². The van der Waals surface area contributed by atoms with Gasteiger partial charge in [0, 0.05) is 10.6 Å². The Hall–Kier alpha value is -3.12. The van der Waals surface area contributed by atoms with Crippen molar-refractivity contribution in [1.82, 2.24) is 0 Å². The van der Waals surface area contributed by atoms with Gasteiger partial charge in [-0.1, -0.05) is 35.9 Å². The maximum absolute atomic E-state index is 13.5. The molecular formula is C22H20N2O3S. The van der Waals surface area contributed by atoms with Crippen molar-refractivity contribution in [2.75, 3.05) is 17.3 Å². The zero-order valence-electron chi connectivity index (χ0n) is 15.6. The summed E-state index contributed by atoms with van der Waals surface area (Å²) < 4.78 is 5.35. The van der Waals surface area contributed by atoms with E-state index in [-0.39, 0.29) is 18.2 Å². The highest BCUT2D eigenvalue weighted by Gasteiger charge is 2.59. The largest absolute Gasteiger partial charge is 0.495 e. The minimum atomic E-state index is -1.07. The van der Waals surface area contributed by atoms with Crippen LogP contribution in [0.4, 0.5) is 11.4 Å². The van der Waals surface area contributed by atoms with Crippen molar-refractivity contribution in [1.29, 1.82) is 0 Å². The third kappa shape index (κ3) is 2.86. The van der Waals surface area contributed by atoms with Crippen LogP contribution in [0.25, 0.3) is 0 Å². The van der Waals surface area contributed by atoms with E-state index in [4.69, 9.17) is 4.74 Å². The number of carbonyl (C=O) groups is 2. The summed E-state index contributed by atoms with van der Waals surface area (Å²) in [7, 11) is 1.56. The molecule has 2 amide bonds. The molecule has 28 heavy (non-hydrogen) atoms. The number of hydrogen-bond donors (Lipinski definition) is 1. The monoisotopic (exact) mass is 392 g/mol. The van der Waals surface area contributed by atoms with Gasteiger partial charge in [-0.25, -0.2) is 0 Å². The van der Waals surface area contributed by atoms with Crippen LogP contribution in [0, 0.1) is 6.92 Å². The molecule has 1 aliphatic heterocycles. The number of thiophene rings is 1. The number of aryl methyl sites for hydroxylation is 1. The number of methoxy groups -OCH3 is 1. The highest BCUT2D eigenvalue weighted by atomic mass is 32.1. The smallest absolute Gasteiger partial charge is 0.256 e. The van der Waals surface area contributed by atoms with Crippen molar-refractivity contribution in [3.8, 4) is 5.75 Å². The number of para-hydroxylation sites is 2. The number of hydrogen-bond acceptors (Lipinski definition) is 4. The maximum atomic E-state index is 13.5. The normalized spacial score (nSPS) is 18.5. The van der Waals surface area contributed by atoms with Crippen molar-refractivity contribution in [3.63, 3.8) is 0 Å². The van der Waals surface area contributed by atoms with Crippen molar-refractivity contribution in [3.05, 3.63) is 76.5 Å². The Morgan fingerprint density at radius 2 is 1.86 bits per heavy atom. The molecule has 1 atom stereocenters. The van der Waals surface area contributed by atoms with E-state index in [1.54, 1.807) is 24.1 Å². The fourth-order valence-corrected chi connectivity index (χ4v) is 4.45. The lowest BCUT2D eigenvalue weighted by Crippen LogP contribution is -2.67. The lowest BCUT2D eigenvalue weighted by Gasteiger charge is -2.49. The first-order chi connectivity index (χ1) is 13.6. The molecule has 0 unspecified atom stereocenters. The highest BCUT2D eigenvalue weighted by Crippen LogP contribution is 2.47. The number of nitrogens with zero attached hydrogens (tertiary/aromatic N) is 1. The summed E-state index contributed by atoms with van der Waals surface area (Å²) in [5, 5.41) is 4.89. The number of rotatable bonds is 5. The molecule has 5 nitrogen and oxygen atoms in total. The molecule has 142 valence electrons. The van der Waals surface area contributed by atoms with Crippen LogP contribution in [0.1, 0.15) is 16.9 Å². The van der Waals surface area contributed by atoms with Gasteiger partial charge in [0.25, 0.3) is 5.91 Å². The molecule has 2 aromatic carbocycles. The summed E-state index contributed by atoms with van der Waals surface area (Å²) in [4.78, 5) is 28.6. The third-order valence-corrected chi connectivity index (χ3v) is 6.01. The number of anilines is 2. The summed E-state index contributed by atoms with van der Waals surface area (Å²) in [6.07, 6.45) is 0.127. The van der Waals surface area contributed by atoms with E-state index in [1.165, 1.54) is 11.3 Å². The number of benzene rings is 2. The Bertz CT molecular complexity index is 1010. The quantitative estimate of drug-likeness (QED) is 0.657. The van der Waals surface area contributed by atoms with Crippen LogP contribution >= 0.6 is 11.3 Å². The Labute approximate surface area is 167 Å². The fraction of sp³-hybridized carbons (Fsp3) is 0.182. The van der Waals surface area contributed by atoms with E-state index in [0.29, 0.717) is 17.1 Å². The molecular weight excluding hydrogens is 372 g/mol. The van der Waals surface area contributed by atoms with E-state index in [1.807, 2.05) is 60.8 Å². The first-order valence-electron chi connectivity index (χ1n) is 8.94. The Morgan fingerprint density at radius 1 is 1.11 bits per heavy atom. The van der Waals surface area contributed by atoms with Crippen LogP contribution in [0.3, 0.4) is 0 Å². The standard InChI is InChI=1S/C22H20N2O3S/c1-15-9-11-16(12-10-15)24-20(25)14-22(24,19-8-5-13-28-19)21(26)23-17-6-3-4-7-18(17)27-2/h3-13H,14H2,1-2H3,(H,23,26)/t22-/m0/s1. The molecule has 6 heteroatoms. The highest BCUT2D eigenvalue weighted by molar-refractivity contribution is 7.10. The topological polar surface area (TPSA) is 58.6 Å². The van der Waals surface area contributed by atoms with Crippen molar-refractivity contribution in [2.24, 2.45) is 0 Å². The molecule has 0 aliphatic carbocycles. The van der Waals surface area contributed by atoms with Crippen LogP contribution < -0.4 is 15.0 Å². The van der Waals surface area contributed by atoms with E-state index < -0.39 is 5.54 Å². The molecule has 2 heterocycles. The van der Waals surface area contributed by atoms with Crippen LogP contribution in [-0.4, -0.2) is 18.9 Å². The molecule has 0 bridgehead atoms. The van der Waals surface area contributed by atoms with E-state index in [2.05, 4.69) is 5.32 Å². The Morgan fingerprint density at radius 3 is 2.50 bits per heavy atom. The average Bonchev–Trinajstić information content (AvgIpc) is 3.22. The van der Waals surface area contributed by atoms with Gasteiger partial charge in [-0.3, -0.25) is 14.5 Å². The molecule has 0 spiro atoms. The molecule has 1 saturated heterocycles. The van der Waals surface area contributed by atoms with Gasteiger partial charge >= 0.3 is 0 Å². The van der Waals surface area contributed by atoms with E-state index in [0.717, 1.165) is 10.4 Å². The first-order valence-corrected chi connectivity index (χ1v) is 9.82. The predicted octanol–water partition coefficient (Wildman–Crippen LogP) is 4.34. The molecule has 4 rings (SSSR count). The second kappa shape index (κ2) is 7.13. The third-order valence-electron chi connectivity index (χ3n) is 4.99. The van der Waals surface area contributed by atoms with Gasteiger partial charge in [0.1, 0.15) is 5.75 Å². The van der Waals surface area contributed by atoms with Gasteiger partial charge in [-0.2, -0.15) is 0 Å². The number of β-lactam (4-membered cyclic amide) rings is 1. The summed E-state index contributed by atoms with van der Waals surface area (Å²) in [5.74, 6) is 0.247. The second-order valence-electron chi connectivity index (χ2n) is 6.73. The van der Waals surface area contributed by atoms with Gasteiger partial charge in [0.05, 0.1) is 19.2 Å². The van der Waals surface area contributed by atoms with Crippen molar-refractivity contribution >= 4 is 34.5 Å². The minimum absolute atomic E-state index is 0.0765. The summed E-state index contributed by atoms with van der Waals surface area (Å²) >= 11 is 1.47. The average molecular weight is 392 g/mol. The Kier molecular flexibility index (Phi) is 4.65. The maximum Gasteiger partial charge on any atom is 0.256 e. The van der Waals surface area contributed by atoms with E-state index in [9.17, 15) is 9.59 Å². The molecule has 0 saturated carbocycles. The second-order valence-corrected chi connectivity index (χ2v) is 7.68. The lowest BCUT2D eigenvalue weighted by molar-refractivity contribution is -0.137. The number of carbonyl (C=O) groups excluding carboxylic acids is 2. The fourth-order valence-electron chi connectivity index (χ4n) is 3.54. The zero-order chi connectivity index (χ0) is 19.7. The van der Waals surface area contributed by atoms with Gasteiger partial charge < -0.3 is 10.1 Å². The molecule has 1 N–H and O–H groups in total. The Balaban J connectivity index is 1.76. The van der Waals surface area contributed by atoms with Gasteiger partial charge in [0.15, 0.2) is 5.54 Å². The van der Waals surface area contributed by atoms with Crippen molar-refractivity contribution < 1.29 is 14.3 Å². The minimum Gasteiger partial charge on any atom is -0.495 e. The van der Waals surface area contributed by atoms with Crippen LogP contribution in [0.2, 0.25) is 0 Å². The van der Waals surface area contributed by atoms with Crippen LogP contribution in [-0.2, 0) is 15.1 Å². The van der Waals surface area contributed by atoms with Gasteiger partial charge in [-0.15, -0.1) is 11.3 Å². The van der Waals surface area contributed by atoms with Crippen LogP contribution in [0.15, 0.2) is 66.0 Å². The number of nitrogens with one attached hydrogen (secondary N) is 1. The van der Waals surface area contributed by atoms with E-state index >= 15 is 0 Å². The van der Waals surface area contributed by atoms with Crippen molar-refractivity contribution in [2.45, 2.75) is 18.9 Å². The number of amides is 2. The summed E-state index contributed by atoms with van der Waals surface area (Å²) in [5.41, 5.74) is 1.32. The lowest BCUT2D eigenvalue weighted by atomic mass is 9.80. The molecule has 1 aliphatic rings. The summed E-state index contributed by atoms with van der Waals surface area (Å²) in [6.45, 7) is 1.99. The van der Waals surface area contributed by atoms with Crippen LogP contribution in [0.5, 0.6) is 5.75 Å². The first kappa shape index (κ1) is 18.3. The molecule has 0 radical (unpaired) electrons. The SMILES string of the molecule is COc1ccccc1NC(=O)[C@@]1(c2cccs2)CC(=O)N1c1ccc(C)cc1. The zero-order valence-corrected chi connectivity index (χ0v) is 16.5. The molecule has 1 aromatic heterocycles. The van der Waals surface area contributed by atoms with Gasteiger partial charge in [-0.05, 0) is 42.6 Å². The summed E-state index contributed by atoms with van der Waals surface area (Å²) in [6, 6.07) is 18.7. The molecule has 1 fully saturated rings. The predicted molar refractivity (Wildman–Crippen MR) is 111 cm³/mol. The number of ether oxygens (including phenoxy) is 1. The molecule has 3 aromatic rings.